The van der Waals surface area contributed by atoms with Crippen LogP contribution in [0.3, 0.4) is 0 Å². The number of hydrogen-bond acceptors (Lipinski definition) is 3. The molecule has 1 aromatic carbocycles. The summed E-state index contributed by atoms with van der Waals surface area (Å²) >= 11 is 0. The lowest BCUT2D eigenvalue weighted by Gasteiger charge is -2.09. The average molecular weight is 278 g/mol. The summed E-state index contributed by atoms with van der Waals surface area (Å²) in [6.07, 6.45) is 6.43. The van der Waals surface area contributed by atoms with Crippen LogP contribution in [-0.4, -0.2) is 12.8 Å². The Balaban J connectivity index is 2.19. The maximum Gasteiger partial charge on any atom is 0.513 e. The summed E-state index contributed by atoms with van der Waals surface area (Å²) in [5.74, 6) is 0.581. The number of hydrogen-bond donors (Lipinski definition) is 0. The van der Waals surface area contributed by atoms with Crippen LogP contribution in [0.4, 0.5) is 4.79 Å². The van der Waals surface area contributed by atoms with Crippen molar-refractivity contribution >= 4 is 6.16 Å². The molecule has 3 nitrogen and oxygen atoms in total. The Morgan fingerprint density at radius 3 is 2.50 bits per heavy atom. The van der Waals surface area contributed by atoms with Crippen LogP contribution in [0.2, 0.25) is 0 Å². The normalized spacial score (nSPS) is 10.3. The predicted octanol–water partition coefficient (Wildman–Crippen LogP) is 5.18. The van der Waals surface area contributed by atoms with E-state index in [0.29, 0.717) is 12.4 Å². The zero-order valence-corrected chi connectivity index (χ0v) is 12.9. The summed E-state index contributed by atoms with van der Waals surface area (Å²) in [7, 11) is 0. The first-order valence-corrected chi connectivity index (χ1v) is 7.56. The maximum atomic E-state index is 11.6. The largest absolute Gasteiger partial charge is 0.513 e. The van der Waals surface area contributed by atoms with Crippen LogP contribution in [0, 0.1) is 13.8 Å². The molecule has 0 saturated heterocycles. The predicted molar refractivity (Wildman–Crippen MR) is 81.3 cm³/mol. The number of carbonyl (C=O) groups is 1. The van der Waals surface area contributed by atoms with Crippen LogP contribution in [-0.2, 0) is 4.74 Å². The highest BCUT2D eigenvalue weighted by Crippen LogP contribution is 2.20. The van der Waals surface area contributed by atoms with E-state index in [0.717, 1.165) is 24.0 Å². The van der Waals surface area contributed by atoms with Gasteiger partial charge in [0.1, 0.15) is 5.75 Å². The smallest absolute Gasteiger partial charge is 0.434 e. The van der Waals surface area contributed by atoms with E-state index < -0.39 is 6.16 Å². The first-order valence-electron chi connectivity index (χ1n) is 7.56. The van der Waals surface area contributed by atoms with Gasteiger partial charge in [-0.15, -0.1) is 0 Å². The molecule has 0 aliphatic carbocycles. The van der Waals surface area contributed by atoms with Crippen LogP contribution in [0.1, 0.15) is 56.6 Å². The summed E-state index contributed by atoms with van der Waals surface area (Å²) in [6.45, 7) is 6.57. The van der Waals surface area contributed by atoms with Gasteiger partial charge in [-0.3, -0.25) is 0 Å². The van der Waals surface area contributed by atoms with E-state index in [1.807, 2.05) is 26.0 Å². The van der Waals surface area contributed by atoms with Crippen molar-refractivity contribution in [2.75, 3.05) is 6.61 Å². The van der Waals surface area contributed by atoms with Crippen LogP contribution >= 0.6 is 0 Å². The maximum absolute atomic E-state index is 11.6. The lowest BCUT2D eigenvalue weighted by atomic mass is 10.1. The monoisotopic (exact) mass is 278 g/mol. The minimum Gasteiger partial charge on any atom is -0.434 e. The second kappa shape index (κ2) is 9.40. The van der Waals surface area contributed by atoms with Crippen LogP contribution in [0.25, 0.3) is 0 Å². The molecule has 0 aromatic heterocycles. The molecule has 0 N–H and O–H groups in total. The van der Waals surface area contributed by atoms with Crippen LogP contribution < -0.4 is 4.74 Å². The Hall–Kier alpha value is -1.51. The molecule has 112 valence electrons. The standard InChI is InChI=1S/C17H26O3/c1-4-5-6-7-8-9-13-19-17(18)20-16-12-10-11-14(2)15(16)3/h10-12H,4-9,13H2,1-3H3. The highest BCUT2D eigenvalue weighted by molar-refractivity contribution is 5.64. The summed E-state index contributed by atoms with van der Waals surface area (Å²) in [4.78, 5) is 11.6. The van der Waals surface area contributed by atoms with Crippen LogP contribution in [0.5, 0.6) is 5.75 Å². The number of unbranched alkanes of at least 4 members (excludes halogenated alkanes) is 5. The van der Waals surface area contributed by atoms with Gasteiger partial charge in [-0.05, 0) is 37.5 Å². The van der Waals surface area contributed by atoms with E-state index in [4.69, 9.17) is 9.47 Å². The Bertz CT molecular complexity index is 413. The summed E-state index contributed by atoms with van der Waals surface area (Å²) in [6, 6.07) is 5.65. The summed E-state index contributed by atoms with van der Waals surface area (Å²) < 4.78 is 10.3. The number of aryl methyl sites for hydroxylation is 1. The molecule has 0 saturated carbocycles. The summed E-state index contributed by atoms with van der Waals surface area (Å²) in [5, 5.41) is 0. The molecule has 0 amide bonds. The second-order valence-corrected chi connectivity index (χ2v) is 5.17. The van der Waals surface area contributed by atoms with Gasteiger partial charge in [0.25, 0.3) is 0 Å². The van der Waals surface area contributed by atoms with Gasteiger partial charge in [0.2, 0.25) is 0 Å². The van der Waals surface area contributed by atoms with Gasteiger partial charge < -0.3 is 9.47 Å². The first kappa shape index (κ1) is 16.5. The fourth-order valence-electron chi connectivity index (χ4n) is 1.99. The van der Waals surface area contributed by atoms with Crippen molar-refractivity contribution in [2.24, 2.45) is 0 Å². The molecule has 1 rings (SSSR count). The number of carbonyl (C=O) groups excluding carboxylic acids is 1. The number of rotatable bonds is 8. The quantitative estimate of drug-likeness (QED) is 0.373. The third kappa shape index (κ3) is 6.09. The summed E-state index contributed by atoms with van der Waals surface area (Å²) in [5.41, 5.74) is 2.08. The zero-order valence-electron chi connectivity index (χ0n) is 12.9. The number of ether oxygens (including phenoxy) is 2. The van der Waals surface area contributed by atoms with E-state index in [1.165, 1.54) is 25.7 Å². The fourth-order valence-corrected chi connectivity index (χ4v) is 1.99. The Morgan fingerprint density at radius 1 is 1.05 bits per heavy atom. The SMILES string of the molecule is CCCCCCCCOC(=O)Oc1cccc(C)c1C. The molecule has 1 aromatic rings. The highest BCUT2D eigenvalue weighted by Gasteiger charge is 2.09. The molecule has 20 heavy (non-hydrogen) atoms. The van der Waals surface area contributed by atoms with Gasteiger partial charge in [0, 0.05) is 0 Å². The van der Waals surface area contributed by atoms with E-state index in [9.17, 15) is 4.79 Å². The molecular weight excluding hydrogens is 252 g/mol. The molecule has 3 heteroatoms. The lowest BCUT2D eigenvalue weighted by Crippen LogP contribution is -2.12. The zero-order chi connectivity index (χ0) is 14.8. The van der Waals surface area contributed by atoms with Gasteiger partial charge in [0.15, 0.2) is 0 Å². The van der Waals surface area contributed by atoms with Crippen molar-refractivity contribution in [1.29, 1.82) is 0 Å². The molecule has 0 atom stereocenters. The lowest BCUT2D eigenvalue weighted by molar-refractivity contribution is 0.0970. The molecule has 0 aliphatic heterocycles. The third-order valence-corrected chi connectivity index (χ3v) is 3.47. The van der Waals surface area contributed by atoms with E-state index in [2.05, 4.69) is 6.92 Å². The minimum absolute atomic E-state index is 0.440. The van der Waals surface area contributed by atoms with Gasteiger partial charge in [0.05, 0.1) is 6.61 Å². The van der Waals surface area contributed by atoms with E-state index >= 15 is 0 Å². The second-order valence-electron chi connectivity index (χ2n) is 5.17. The molecule has 0 heterocycles. The molecule has 0 unspecified atom stereocenters. The molecular formula is C17H26O3. The minimum atomic E-state index is -0.604. The Labute approximate surface area is 122 Å². The van der Waals surface area contributed by atoms with Crippen molar-refractivity contribution < 1.29 is 14.3 Å². The first-order chi connectivity index (χ1) is 9.65. The van der Waals surface area contributed by atoms with E-state index in [-0.39, 0.29) is 0 Å². The Kier molecular flexibility index (Phi) is 7.78. The fraction of sp³-hybridized carbons (Fsp3) is 0.588. The molecule has 0 spiro atoms. The van der Waals surface area contributed by atoms with E-state index in [1.54, 1.807) is 6.07 Å². The molecule has 0 bridgehead atoms. The van der Waals surface area contributed by atoms with Gasteiger partial charge in [-0.2, -0.15) is 0 Å². The van der Waals surface area contributed by atoms with Gasteiger partial charge in [-0.1, -0.05) is 51.2 Å². The molecule has 0 radical (unpaired) electrons. The van der Waals surface area contributed by atoms with Gasteiger partial charge in [-0.25, -0.2) is 4.79 Å². The van der Waals surface area contributed by atoms with Crippen molar-refractivity contribution in [2.45, 2.75) is 59.3 Å². The Morgan fingerprint density at radius 2 is 1.75 bits per heavy atom. The van der Waals surface area contributed by atoms with Crippen molar-refractivity contribution in [1.82, 2.24) is 0 Å². The van der Waals surface area contributed by atoms with Gasteiger partial charge >= 0.3 is 6.16 Å². The number of benzene rings is 1. The van der Waals surface area contributed by atoms with Crippen molar-refractivity contribution in [3.63, 3.8) is 0 Å². The van der Waals surface area contributed by atoms with Crippen molar-refractivity contribution in [3.05, 3.63) is 29.3 Å². The third-order valence-electron chi connectivity index (χ3n) is 3.47. The highest BCUT2D eigenvalue weighted by atomic mass is 16.7. The van der Waals surface area contributed by atoms with Crippen LogP contribution in [0.15, 0.2) is 18.2 Å². The molecule has 0 fully saturated rings. The topological polar surface area (TPSA) is 35.5 Å². The molecule has 0 aliphatic rings. The van der Waals surface area contributed by atoms with Crippen molar-refractivity contribution in [3.8, 4) is 5.75 Å². The average Bonchev–Trinajstić information content (AvgIpc) is 2.43.